The highest BCUT2D eigenvalue weighted by atomic mass is 19.1. The van der Waals surface area contributed by atoms with Crippen molar-refractivity contribution in [3.63, 3.8) is 0 Å². The van der Waals surface area contributed by atoms with Crippen LogP contribution in [0.5, 0.6) is 0 Å². The van der Waals surface area contributed by atoms with Gasteiger partial charge in [-0.15, -0.1) is 5.10 Å². The third kappa shape index (κ3) is 4.40. The zero-order valence-corrected chi connectivity index (χ0v) is 11.6. The fourth-order valence-corrected chi connectivity index (χ4v) is 1.74. The third-order valence-corrected chi connectivity index (χ3v) is 2.82. The van der Waals surface area contributed by atoms with Gasteiger partial charge in [0.1, 0.15) is 5.82 Å². The Morgan fingerprint density at radius 2 is 2.20 bits per heavy atom. The molecule has 0 atom stereocenters. The molecule has 1 aromatic heterocycles. The van der Waals surface area contributed by atoms with E-state index in [0.29, 0.717) is 25.3 Å². The smallest absolute Gasteiger partial charge is 0.128 e. The van der Waals surface area contributed by atoms with E-state index in [4.69, 9.17) is 4.74 Å². The number of aromatic nitrogens is 3. The summed E-state index contributed by atoms with van der Waals surface area (Å²) in [6.45, 7) is 5.00. The Hall–Kier alpha value is -1.79. The number of benzene rings is 1. The average molecular weight is 278 g/mol. The topological polar surface area (TPSA) is 52.0 Å². The van der Waals surface area contributed by atoms with Crippen molar-refractivity contribution < 1.29 is 9.13 Å². The molecule has 1 aromatic carbocycles. The first-order chi connectivity index (χ1) is 9.79. The lowest BCUT2D eigenvalue weighted by Gasteiger charge is -2.05. The van der Waals surface area contributed by atoms with Crippen LogP contribution < -0.4 is 5.32 Å². The molecule has 0 unspecified atom stereocenters. The zero-order valence-electron chi connectivity index (χ0n) is 11.6. The number of rotatable bonds is 8. The molecule has 0 amide bonds. The lowest BCUT2D eigenvalue weighted by molar-refractivity contribution is 0.108. The molecule has 0 spiro atoms. The molecular weight excluding hydrogens is 259 g/mol. The minimum Gasteiger partial charge on any atom is -0.375 e. The van der Waals surface area contributed by atoms with Crippen LogP contribution in [0.25, 0.3) is 0 Å². The molecule has 0 aliphatic heterocycles. The Kier molecular flexibility index (Phi) is 5.64. The third-order valence-electron chi connectivity index (χ3n) is 2.82. The van der Waals surface area contributed by atoms with Gasteiger partial charge >= 0.3 is 0 Å². The van der Waals surface area contributed by atoms with Crippen molar-refractivity contribution in [2.24, 2.45) is 0 Å². The van der Waals surface area contributed by atoms with Crippen molar-refractivity contribution in [2.75, 3.05) is 13.2 Å². The van der Waals surface area contributed by atoms with Crippen LogP contribution >= 0.6 is 0 Å². The van der Waals surface area contributed by atoms with Crippen molar-refractivity contribution >= 4 is 0 Å². The van der Waals surface area contributed by atoms with Crippen molar-refractivity contribution in [2.45, 2.75) is 26.6 Å². The van der Waals surface area contributed by atoms with Gasteiger partial charge in [-0.3, -0.25) is 0 Å². The van der Waals surface area contributed by atoms with Gasteiger partial charge in [0.25, 0.3) is 0 Å². The fourth-order valence-electron chi connectivity index (χ4n) is 1.74. The van der Waals surface area contributed by atoms with E-state index in [9.17, 15) is 4.39 Å². The molecule has 2 aromatic rings. The standard InChI is InChI=1S/C14H19FN4O/c1-2-16-9-13-10-19(18-17-13)7-8-20-11-12-5-3-4-6-14(12)15/h3-6,10,16H,2,7-9,11H2,1H3. The Bertz CT molecular complexity index is 529. The van der Waals surface area contributed by atoms with Gasteiger partial charge in [0.05, 0.1) is 25.5 Å². The molecular formula is C14H19FN4O. The van der Waals surface area contributed by atoms with Gasteiger partial charge in [0.2, 0.25) is 0 Å². The minimum atomic E-state index is -0.235. The van der Waals surface area contributed by atoms with Crippen molar-refractivity contribution in [3.05, 3.63) is 47.5 Å². The number of halogens is 1. The lowest BCUT2D eigenvalue weighted by atomic mass is 10.2. The number of nitrogens with one attached hydrogen (secondary N) is 1. The molecule has 6 heteroatoms. The van der Waals surface area contributed by atoms with E-state index < -0.39 is 0 Å². The van der Waals surface area contributed by atoms with Crippen molar-refractivity contribution in [3.8, 4) is 0 Å². The molecule has 0 saturated carbocycles. The maximum Gasteiger partial charge on any atom is 0.128 e. The van der Waals surface area contributed by atoms with Crippen molar-refractivity contribution in [1.82, 2.24) is 20.3 Å². The maximum absolute atomic E-state index is 13.3. The van der Waals surface area contributed by atoms with E-state index in [1.165, 1.54) is 6.07 Å². The van der Waals surface area contributed by atoms with Gasteiger partial charge < -0.3 is 10.1 Å². The molecule has 0 bridgehead atoms. The Labute approximate surface area is 117 Å². The summed E-state index contributed by atoms with van der Waals surface area (Å²) in [5.41, 5.74) is 1.47. The van der Waals surface area contributed by atoms with E-state index in [1.807, 2.05) is 13.1 Å². The number of nitrogens with zero attached hydrogens (tertiary/aromatic N) is 3. The van der Waals surface area contributed by atoms with Crippen molar-refractivity contribution in [1.29, 1.82) is 0 Å². The summed E-state index contributed by atoms with van der Waals surface area (Å²) in [6.07, 6.45) is 1.88. The van der Waals surface area contributed by atoms with E-state index >= 15 is 0 Å². The van der Waals surface area contributed by atoms with Gasteiger partial charge in [0, 0.05) is 18.3 Å². The molecule has 0 aliphatic carbocycles. The van der Waals surface area contributed by atoms with Gasteiger partial charge in [-0.1, -0.05) is 30.3 Å². The Morgan fingerprint density at radius 1 is 1.35 bits per heavy atom. The number of hydrogen-bond donors (Lipinski definition) is 1. The first-order valence-electron chi connectivity index (χ1n) is 6.70. The first kappa shape index (κ1) is 14.6. The molecule has 1 N–H and O–H groups in total. The molecule has 108 valence electrons. The first-order valence-corrected chi connectivity index (χ1v) is 6.70. The summed E-state index contributed by atoms with van der Waals surface area (Å²) in [5, 5.41) is 11.2. The number of hydrogen-bond acceptors (Lipinski definition) is 4. The molecule has 0 saturated heterocycles. The van der Waals surface area contributed by atoms with Crippen LogP contribution in [0, 0.1) is 5.82 Å². The quantitative estimate of drug-likeness (QED) is 0.747. The summed E-state index contributed by atoms with van der Waals surface area (Å²) in [6, 6.07) is 6.62. The highest BCUT2D eigenvalue weighted by Gasteiger charge is 2.02. The van der Waals surface area contributed by atoms with E-state index in [1.54, 1.807) is 22.9 Å². The second-order valence-corrected chi connectivity index (χ2v) is 4.40. The molecule has 0 fully saturated rings. The zero-order chi connectivity index (χ0) is 14.2. The predicted molar refractivity (Wildman–Crippen MR) is 73.5 cm³/mol. The van der Waals surface area contributed by atoms with Crippen LogP contribution in [0.1, 0.15) is 18.2 Å². The summed E-state index contributed by atoms with van der Waals surface area (Å²) in [4.78, 5) is 0. The lowest BCUT2D eigenvalue weighted by Crippen LogP contribution is -2.12. The molecule has 5 nitrogen and oxygen atoms in total. The van der Waals surface area contributed by atoms with Gasteiger partial charge in [0.15, 0.2) is 0 Å². The van der Waals surface area contributed by atoms with Crippen LogP contribution in [0.3, 0.4) is 0 Å². The Balaban J connectivity index is 1.71. The molecule has 2 rings (SSSR count). The maximum atomic E-state index is 13.3. The normalized spacial score (nSPS) is 10.9. The number of ether oxygens (including phenoxy) is 1. The average Bonchev–Trinajstić information content (AvgIpc) is 2.91. The largest absolute Gasteiger partial charge is 0.375 e. The Morgan fingerprint density at radius 3 is 3.00 bits per heavy atom. The highest BCUT2D eigenvalue weighted by Crippen LogP contribution is 2.07. The summed E-state index contributed by atoms with van der Waals surface area (Å²) in [5.74, 6) is -0.235. The van der Waals surface area contributed by atoms with Crippen LogP contribution in [0.15, 0.2) is 30.5 Å². The van der Waals surface area contributed by atoms with Gasteiger partial charge in [-0.2, -0.15) is 0 Å². The van der Waals surface area contributed by atoms with Crippen LogP contribution in [-0.4, -0.2) is 28.1 Å². The predicted octanol–water partition coefficient (Wildman–Crippen LogP) is 1.74. The highest BCUT2D eigenvalue weighted by molar-refractivity contribution is 5.16. The van der Waals surface area contributed by atoms with E-state index in [0.717, 1.165) is 12.2 Å². The fraction of sp³-hybridized carbons (Fsp3) is 0.429. The summed E-state index contributed by atoms with van der Waals surface area (Å²) < 4.78 is 20.5. The minimum absolute atomic E-state index is 0.235. The van der Waals surface area contributed by atoms with Gasteiger partial charge in [-0.05, 0) is 12.6 Å². The van der Waals surface area contributed by atoms with E-state index in [-0.39, 0.29) is 12.4 Å². The second kappa shape index (κ2) is 7.72. The second-order valence-electron chi connectivity index (χ2n) is 4.40. The SMILES string of the molecule is CCNCc1cn(CCOCc2ccccc2F)nn1. The molecule has 1 heterocycles. The molecule has 20 heavy (non-hydrogen) atoms. The summed E-state index contributed by atoms with van der Waals surface area (Å²) in [7, 11) is 0. The van der Waals surface area contributed by atoms with Crippen LogP contribution in [0.4, 0.5) is 4.39 Å². The van der Waals surface area contributed by atoms with E-state index in [2.05, 4.69) is 15.6 Å². The summed E-state index contributed by atoms with van der Waals surface area (Å²) >= 11 is 0. The molecule has 0 aliphatic rings. The van der Waals surface area contributed by atoms with Crippen LogP contribution in [0.2, 0.25) is 0 Å². The monoisotopic (exact) mass is 278 g/mol. The van der Waals surface area contributed by atoms with Gasteiger partial charge in [-0.25, -0.2) is 9.07 Å². The van der Waals surface area contributed by atoms with Crippen LogP contribution in [-0.2, 0) is 24.4 Å². The molecule has 0 radical (unpaired) electrons.